The number of benzene rings is 1. The van der Waals surface area contributed by atoms with Crippen LogP contribution in [0.15, 0.2) is 28.3 Å². The summed E-state index contributed by atoms with van der Waals surface area (Å²) in [5.41, 5.74) is 3.79. The van der Waals surface area contributed by atoms with E-state index in [2.05, 4.69) is 48.8 Å². The van der Waals surface area contributed by atoms with Gasteiger partial charge < -0.3 is 15.3 Å². The molecule has 1 aromatic rings. The van der Waals surface area contributed by atoms with Crippen LogP contribution < -0.4 is 5.84 Å². The summed E-state index contributed by atoms with van der Waals surface area (Å²) >= 11 is 0. The van der Waals surface area contributed by atoms with Crippen LogP contribution >= 0.6 is 0 Å². The first kappa shape index (κ1) is 22.1. The van der Waals surface area contributed by atoms with Crippen LogP contribution in [0.2, 0.25) is 0 Å². The third kappa shape index (κ3) is 6.75. The summed E-state index contributed by atoms with van der Waals surface area (Å²) < 4.78 is 11.4. The predicted molar refractivity (Wildman–Crippen MR) is 115 cm³/mol. The maximum Gasteiger partial charge on any atom is 0.176 e. The number of aliphatic imine (C=N–C) groups is 1. The fourth-order valence-electron chi connectivity index (χ4n) is 2.74. The summed E-state index contributed by atoms with van der Waals surface area (Å²) in [6, 6.07) is 6.09. The number of nitrogens with zero attached hydrogens (tertiary/aromatic N) is 3. The third-order valence-electron chi connectivity index (χ3n) is 4.32. The zero-order chi connectivity index (χ0) is 20.6. The van der Waals surface area contributed by atoms with Gasteiger partial charge in [0.25, 0.3) is 0 Å². The van der Waals surface area contributed by atoms with Gasteiger partial charge in [0.05, 0.1) is 26.3 Å². The van der Waals surface area contributed by atoms with Gasteiger partial charge in [0, 0.05) is 22.8 Å². The van der Waals surface area contributed by atoms with Gasteiger partial charge in [-0.3, -0.25) is 9.89 Å². The second-order valence-corrected chi connectivity index (χ2v) is 7.99. The number of nitrogens with two attached hydrogens (primary N) is 1. The zero-order valence-corrected chi connectivity index (χ0v) is 17.7. The Morgan fingerprint density at radius 3 is 2.64 bits per heavy atom. The smallest absolute Gasteiger partial charge is 0.176 e. The molecule has 0 amide bonds. The highest BCUT2D eigenvalue weighted by Crippen LogP contribution is 2.22. The molecule has 0 saturated carbocycles. The van der Waals surface area contributed by atoms with E-state index in [0.29, 0.717) is 25.5 Å². The van der Waals surface area contributed by atoms with E-state index in [0.717, 1.165) is 29.7 Å². The van der Waals surface area contributed by atoms with E-state index in [9.17, 15) is 0 Å². The van der Waals surface area contributed by atoms with Gasteiger partial charge in [0.1, 0.15) is 5.71 Å². The minimum atomic E-state index is -0.316. The number of hydrogen-bond donors (Lipinski definition) is 1. The fraction of sp³-hybridized carbons (Fsp3) is 0.545. The lowest BCUT2D eigenvalue weighted by Gasteiger charge is -2.33. The van der Waals surface area contributed by atoms with Crippen LogP contribution in [0.4, 0.5) is 0 Å². The van der Waals surface area contributed by atoms with Crippen molar-refractivity contribution in [1.29, 1.82) is 0 Å². The molecule has 6 nitrogen and oxygen atoms in total. The quantitative estimate of drug-likeness (QED) is 0.354. The highest BCUT2D eigenvalue weighted by molar-refractivity contribution is 6.38. The SMILES string of the molecule is CCc1cc(C#CCN(C)C)ccc1/C(C=NCC1OCC(C)(C)CO1)=N/N. The van der Waals surface area contributed by atoms with E-state index in [4.69, 9.17) is 15.3 Å². The Morgan fingerprint density at radius 2 is 2.04 bits per heavy atom. The standard InChI is InChI=1S/C22H32N4O2/c1-6-18-12-17(8-7-11-26(4)5)9-10-19(18)20(25-23)13-24-14-21-27-15-22(2,3)16-28-21/h9-10,12-13,21H,6,11,14-16,23H2,1-5H3/b24-13?,25-20+. The van der Waals surface area contributed by atoms with Crippen molar-refractivity contribution < 1.29 is 9.47 Å². The van der Waals surface area contributed by atoms with Crippen molar-refractivity contribution in [2.75, 3.05) is 40.4 Å². The van der Waals surface area contributed by atoms with Gasteiger partial charge in [0.15, 0.2) is 6.29 Å². The van der Waals surface area contributed by atoms with Crippen LogP contribution in [0.3, 0.4) is 0 Å². The minimum absolute atomic E-state index is 0.0529. The molecule has 0 unspecified atom stereocenters. The number of hydrazone groups is 1. The van der Waals surface area contributed by atoms with Gasteiger partial charge in [-0.1, -0.05) is 38.7 Å². The number of hydrogen-bond acceptors (Lipinski definition) is 6. The fourth-order valence-corrected chi connectivity index (χ4v) is 2.74. The average molecular weight is 385 g/mol. The van der Waals surface area contributed by atoms with Crippen LogP contribution in [0, 0.1) is 17.3 Å². The van der Waals surface area contributed by atoms with Crippen LogP contribution in [0.1, 0.15) is 37.5 Å². The summed E-state index contributed by atoms with van der Waals surface area (Å²) in [6.45, 7) is 8.83. The van der Waals surface area contributed by atoms with Crippen LogP contribution in [-0.4, -0.2) is 63.5 Å². The molecular formula is C22H32N4O2. The highest BCUT2D eigenvalue weighted by atomic mass is 16.7. The maximum absolute atomic E-state index is 5.70. The maximum atomic E-state index is 5.70. The Hall–Kier alpha value is -2.20. The first-order chi connectivity index (χ1) is 13.3. The summed E-state index contributed by atoms with van der Waals surface area (Å²) in [4.78, 5) is 6.48. The number of ether oxygens (including phenoxy) is 2. The van der Waals surface area contributed by atoms with Crippen molar-refractivity contribution in [3.05, 3.63) is 34.9 Å². The molecule has 0 radical (unpaired) electrons. The Bertz CT molecular complexity index is 762. The Balaban J connectivity index is 2.05. The predicted octanol–water partition coefficient (Wildman–Crippen LogP) is 2.29. The molecule has 0 bridgehead atoms. The van der Waals surface area contributed by atoms with Crippen molar-refractivity contribution in [3.8, 4) is 11.8 Å². The van der Waals surface area contributed by atoms with Gasteiger partial charge in [-0.2, -0.15) is 5.10 Å². The van der Waals surface area contributed by atoms with E-state index in [-0.39, 0.29) is 11.7 Å². The highest BCUT2D eigenvalue weighted by Gasteiger charge is 2.27. The molecular weight excluding hydrogens is 352 g/mol. The lowest BCUT2D eigenvalue weighted by Crippen LogP contribution is -2.39. The van der Waals surface area contributed by atoms with Gasteiger partial charge in [-0.15, -0.1) is 0 Å². The molecule has 152 valence electrons. The van der Waals surface area contributed by atoms with Crippen LogP contribution in [-0.2, 0) is 15.9 Å². The first-order valence-corrected chi connectivity index (χ1v) is 9.62. The van der Waals surface area contributed by atoms with Gasteiger partial charge >= 0.3 is 0 Å². The molecule has 1 fully saturated rings. The molecule has 1 aromatic carbocycles. The van der Waals surface area contributed by atoms with E-state index >= 15 is 0 Å². The molecule has 2 N–H and O–H groups in total. The van der Waals surface area contributed by atoms with Crippen LogP contribution in [0.25, 0.3) is 0 Å². The zero-order valence-electron chi connectivity index (χ0n) is 17.7. The van der Waals surface area contributed by atoms with Crippen molar-refractivity contribution >= 4 is 11.9 Å². The first-order valence-electron chi connectivity index (χ1n) is 9.62. The molecule has 1 saturated heterocycles. The Morgan fingerprint density at radius 1 is 1.32 bits per heavy atom. The molecule has 1 aliphatic rings. The van der Waals surface area contributed by atoms with E-state index in [1.165, 1.54) is 0 Å². The average Bonchev–Trinajstić information content (AvgIpc) is 2.66. The van der Waals surface area contributed by atoms with E-state index in [1.54, 1.807) is 6.21 Å². The topological polar surface area (TPSA) is 72.4 Å². The van der Waals surface area contributed by atoms with Crippen molar-refractivity contribution in [2.24, 2.45) is 21.4 Å². The minimum Gasteiger partial charge on any atom is -0.350 e. The molecule has 2 rings (SSSR count). The normalized spacial score (nSPS) is 17.7. The van der Waals surface area contributed by atoms with Crippen molar-refractivity contribution in [2.45, 2.75) is 33.5 Å². The van der Waals surface area contributed by atoms with E-state index < -0.39 is 0 Å². The summed E-state index contributed by atoms with van der Waals surface area (Å²) in [6.07, 6.45) is 2.23. The molecule has 1 heterocycles. The van der Waals surface area contributed by atoms with Crippen LogP contribution in [0.5, 0.6) is 0 Å². The molecule has 0 spiro atoms. The monoisotopic (exact) mass is 384 g/mol. The molecule has 0 aromatic heterocycles. The lowest BCUT2D eigenvalue weighted by atomic mass is 9.96. The molecule has 0 atom stereocenters. The second-order valence-electron chi connectivity index (χ2n) is 7.99. The van der Waals surface area contributed by atoms with Gasteiger partial charge in [-0.05, 0) is 38.2 Å². The summed E-state index contributed by atoms with van der Waals surface area (Å²) in [5, 5.41) is 3.93. The third-order valence-corrected chi connectivity index (χ3v) is 4.32. The van der Waals surface area contributed by atoms with Gasteiger partial charge in [-0.25, -0.2) is 0 Å². The largest absolute Gasteiger partial charge is 0.350 e. The Kier molecular flexibility index (Phi) is 8.18. The second kappa shape index (κ2) is 10.4. The Labute approximate surface area is 168 Å². The van der Waals surface area contributed by atoms with Crippen molar-refractivity contribution in [1.82, 2.24) is 4.90 Å². The lowest BCUT2D eigenvalue weighted by molar-refractivity contribution is -0.215. The molecule has 1 aliphatic heterocycles. The summed E-state index contributed by atoms with van der Waals surface area (Å²) in [5.74, 6) is 12.0. The number of rotatable bonds is 6. The van der Waals surface area contributed by atoms with Gasteiger partial charge in [0.2, 0.25) is 0 Å². The van der Waals surface area contributed by atoms with E-state index in [1.807, 2.05) is 31.1 Å². The number of aryl methyl sites for hydroxylation is 1. The molecule has 28 heavy (non-hydrogen) atoms. The summed E-state index contributed by atoms with van der Waals surface area (Å²) in [7, 11) is 4.01. The van der Waals surface area contributed by atoms with Crippen molar-refractivity contribution in [3.63, 3.8) is 0 Å². The molecule has 0 aliphatic carbocycles. The molecule has 6 heteroatoms.